The fraction of sp³-hybridized carbons (Fsp3) is 0.333. The molecule has 110 valence electrons. The van der Waals surface area contributed by atoms with Crippen LogP contribution in [0.1, 0.15) is 43.0 Å². The van der Waals surface area contributed by atoms with Gasteiger partial charge in [-0.05, 0) is 36.1 Å². The molecule has 3 heteroatoms. The monoisotopic (exact) mass is 282 g/mol. The van der Waals surface area contributed by atoms with Gasteiger partial charge in [-0.2, -0.15) is 0 Å². The third kappa shape index (κ3) is 3.03. The minimum absolute atomic E-state index is 0.123. The fourth-order valence-corrected chi connectivity index (χ4v) is 2.91. The van der Waals surface area contributed by atoms with Crippen LogP contribution in [0, 0.1) is 0 Å². The highest BCUT2D eigenvalue weighted by Crippen LogP contribution is 2.39. The molecule has 2 aromatic carbocycles. The van der Waals surface area contributed by atoms with Crippen LogP contribution in [0.4, 0.5) is 5.69 Å². The molecular weight excluding hydrogens is 260 g/mol. The van der Waals surface area contributed by atoms with Gasteiger partial charge in [0, 0.05) is 17.8 Å². The Morgan fingerprint density at radius 1 is 1.14 bits per heavy atom. The standard InChI is InChI=1S/C18H22N2O/c1-2-10-21-14-7-5-6-13(11-14)20-18-12-17(19)15-8-3-4-9-16(15)18/h3-9,11,17-18,20H,2,10,12,19H2,1H3. The molecule has 1 aliphatic carbocycles. The Kier molecular flexibility index (Phi) is 4.11. The normalized spacial score (nSPS) is 20.1. The highest BCUT2D eigenvalue weighted by molar-refractivity contribution is 5.52. The maximum atomic E-state index is 6.22. The van der Waals surface area contributed by atoms with Crippen LogP contribution in [0.2, 0.25) is 0 Å². The van der Waals surface area contributed by atoms with Crippen LogP contribution in [0.5, 0.6) is 5.75 Å². The fourth-order valence-electron chi connectivity index (χ4n) is 2.91. The van der Waals surface area contributed by atoms with E-state index in [0.29, 0.717) is 0 Å². The number of hydrogen-bond acceptors (Lipinski definition) is 3. The van der Waals surface area contributed by atoms with Crippen molar-refractivity contribution >= 4 is 5.69 Å². The summed E-state index contributed by atoms with van der Waals surface area (Å²) in [5, 5.41) is 3.58. The van der Waals surface area contributed by atoms with Gasteiger partial charge in [-0.25, -0.2) is 0 Å². The zero-order valence-electron chi connectivity index (χ0n) is 12.4. The van der Waals surface area contributed by atoms with Crippen molar-refractivity contribution in [3.05, 3.63) is 59.7 Å². The smallest absolute Gasteiger partial charge is 0.121 e. The Morgan fingerprint density at radius 2 is 1.95 bits per heavy atom. The summed E-state index contributed by atoms with van der Waals surface area (Å²) in [4.78, 5) is 0. The lowest BCUT2D eigenvalue weighted by Gasteiger charge is -2.16. The number of anilines is 1. The van der Waals surface area contributed by atoms with Gasteiger partial charge in [-0.1, -0.05) is 37.3 Å². The van der Waals surface area contributed by atoms with E-state index in [9.17, 15) is 0 Å². The van der Waals surface area contributed by atoms with Crippen molar-refractivity contribution in [2.24, 2.45) is 5.73 Å². The van der Waals surface area contributed by atoms with Crippen LogP contribution in [0.3, 0.4) is 0 Å². The Balaban J connectivity index is 1.76. The summed E-state index contributed by atoms with van der Waals surface area (Å²) >= 11 is 0. The van der Waals surface area contributed by atoms with Gasteiger partial charge in [0.1, 0.15) is 5.75 Å². The molecule has 0 bridgehead atoms. The van der Waals surface area contributed by atoms with Gasteiger partial charge in [-0.15, -0.1) is 0 Å². The van der Waals surface area contributed by atoms with Crippen LogP contribution in [-0.4, -0.2) is 6.61 Å². The lowest BCUT2D eigenvalue weighted by atomic mass is 10.1. The molecule has 0 saturated heterocycles. The van der Waals surface area contributed by atoms with E-state index < -0.39 is 0 Å². The average molecular weight is 282 g/mol. The summed E-state index contributed by atoms with van der Waals surface area (Å²) in [5.74, 6) is 0.914. The molecule has 0 spiro atoms. The first kappa shape index (κ1) is 14.0. The molecular formula is C18H22N2O. The van der Waals surface area contributed by atoms with E-state index in [1.54, 1.807) is 0 Å². The SMILES string of the molecule is CCCOc1cccc(NC2CC(N)c3ccccc32)c1. The van der Waals surface area contributed by atoms with Crippen LogP contribution < -0.4 is 15.8 Å². The van der Waals surface area contributed by atoms with Gasteiger partial charge < -0.3 is 15.8 Å². The van der Waals surface area contributed by atoms with E-state index in [1.165, 1.54) is 11.1 Å². The van der Waals surface area contributed by atoms with E-state index >= 15 is 0 Å². The zero-order chi connectivity index (χ0) is 14.7. The quantitative estimate of drug-likeness (QED) is 0.870. The summed E-state index contributed by atoms with van der Waals surface area (Å²) in [5.41, 5.74) is 9.87. The van der Waals surface area contributed by atoms with Crippen molar-refractivity contribution in [1.29, 1.82) is 0 Å². The summed E-state index contributed by atoms with van der Waals surface area (Å²) < 4.78 is 5.69. The van der Waals surface area contributed by atoms with E-state index in [0.717, 1.165) is 30.9 Å². The van der Waals surface area contributed by atoms with Gasteiger partial charge in [0.15, 0.2) is 0 Å². The van der Waals surface area contributed by atoms with Gasteiger partial charge >= 0.3 is 0 Å². The van der Waals surface area contributed by atoms with Crippen molar-refractivity contribution in [3.8, 4) is 5.75 Å². The lowest BCUT2D eigenvalue weighted by molar-refractivity contribution is 0.317. The summed E-state index contributed by atoms with van der Waals surface area (Å²) in [7, 11) is 0. The highest BCUT2D eigenvalue weighted by Gasteiger charge is 2.27. The maximum absolute atomic E-state index is 6.22. The molecule has 21 heavy (non-hydrogen) atoms. The number of nitrogens with one attached hydrogen (secondary N) is 1. The first-order chi connectivity index (χ1) is 10.3. The van der Waals surface area contributed by atoms with Gasteiger partial charge in [0.2, 0.25) is 0 Å². The van der Waals surface area contributed by atoms with Crippen LogP contribution in [0.15, 0.2) is 48.5 Å². The minimum Gasteiger partial charge on any atom is -0.494 e. The second kappa shape index (κ2) is 6.19. The number of nitrogens with two attached hydrogens (primary N) is 1. The summed E-state index contributed by atoms with van der Waals surface area (Å²) in [6.45, 7) is 2.86. The second-order valence-corrected chi connectivity index (χ2v) is 5.54. The minimum atomic E-state index is 0.123. The molecule has 0 amide bonds. The predicted molar refractivity (Wildman–Crippen MR) is 86.6 cm³/mol. The molecule has 1 aliphatic rings. The highest BCUT2D eigenvalue weighted by atomic mass is 16.5. The topological polar surface area (TPSA) is 47.3 Å². The molecule has 2 atom stereocenters. The number of ether oxygens (including phenoxy) is 1. The molecule has 2 unspecified atom stereocenters. The van der Waals surface area contributed by atoms with Crippen LogP contribution >= 0.6 is 0 Å². The predicted octanol–water partition coefficient (Wildman–Crippen LogP) is 4.03. The molecule has 2 aromatic rings. The first-order valence-electron chi connectivity index (χ1n) is 7.61. The number of hydrogen-bond donors (Lipinski definition) is 2. The Hall–Kier alpha value is -2.00. The Bertz CT molecular complexity index is 612. The van der Waals surface area contributed by atoms with Crippen molar-refractivity contribution < 1.29 is 4.74 Å². The molecule has 0 aromatic heterocycles. The van der Waals surface area contributed by atoms with E-state index in [2.05, 4.69) is 48.6 Å². The molecule has 0 saturated carbocycles. The molecule has 3 N–H and O–H groups in total. The van der Waals surface area contributed by atoms with E-state index in [-0.39, 0.29) is 12.1 Å². The molecule has 0 radical (unpaired) electrons. The van der Waals surface area contributed by atoms with Crippen LogP contribution in [0.25, 0.3) is 0 Å². The van der Waals surface area contributed by atoms with Crippen molar-refractivity contribution in [2.75, 3.05) is 11.9 Å². The Morgan fingerprint density at radius 3 is 2.76 bits per heavy atom. The number of fused-ring (bicyclic) bond motifs is 1. The largest absolute Gasteiger partial charge is 0.494 e. The summed E-state index contributed by atoms with van der Waals surface area (Å²) in [6.07, 6.45) is 1.95. The number of rotatable bonds is 5. The van der Waals surface area contributed by atoms with Gasteiger partial charge in [-0.3, -0.25) is 0 Å². The molecule has 3 rings (SSSR count). The Labute approximate surface area is 126 Å². The molecule has 0 aliphatic heterocycles. The van der Waals surface area contributed by atoms with Crippen LogP contribution in [-0.2, 0) is 0 Å². The maximum Gasteiger partial charge on any atom is 0.121 e. The third-order valence-electron chi connectivity index (χ3n) is 3.91. The van der Waals surface area contributed by atoms with Crippen molar-refractivity contribution in [2.45, 2.75) is 31.8 Å². The van der Waals surface area contributed by atoms with Gasteiger partial charge in [0.25, 0.3) is 0 Å². The average Bonchev–Trinajstić information content (AvgIpc) is 2.82. The first-order valence-corrected chi connectivity index (χ1v) is 7.61. The number of benzene rings is 2. The second-order valence-electron chi connectivity index (χ2n) is 5.54. The molecule has 0 heterocycles. The van der Waals surface area contributed by atoms with Crippen molar-refractivity contribution in [1.82, 2.24) is 0 Å². The van der Waals surface area contributed by atoms with Crippen molar-refractivity contribution in [3.63, 3.8) is 0 Å². The zero-order valence-corrected chi connectivity index (χ0v) is 12.4. The summed E-state index contributed by atoms with van der Waals surface area (Å²) in [6, 6.07) is 17.0. The third-order valence-corrected chi connectivity index (χ3v) is 3.91. The molecule has 3 nitrogen and oxygen atoms in total. The molecule has 0 fully saturated rings. The van der Waals surface area contributed by atoms with Gasteiger partial charge in [0.05, 0.1) is 12.6 Å². The van der Waals surface area contributed by atoms with E-state index in [1.807, 2.05) is 12.1 Å². The lowest BCUT2D eigenvalue weighted by Crippen LogP contribution is -2.10. The van der Waals surface area contributed by atoms with E-state index in [4.69, 9.17) is 10.5 Å².